The van der Waals surface area contributed by atoms with Crippen LogP contribution in [0.2, 0.25) is 0 Å². The summed E-state index contributed by atoms with van der Waals surface area (Å²) in [5.41, 5.74) is 0.308. The van der Waals surface area contributed by atoms with Crippen molar-refractivity contribution in [1.82, 2.24) is 19.9 Å². The molecule has 0 radical (unpaired) electrons. The summed E-state index contributed by atoms with van der Waals surface area (Å²) in [5.74, 6) is -1.73. The van der Waals surface area contributed by atoms with Crippen LogP contribution in [0.5, 0.6) is 0 Å². The molecule has 11 heteroatoms. The summed E-state index contributed by atoms with van der Waals surface area (Å²) in [6.07, 6.45) is 3.58. The van der Waals surface area contributed by atoms with Crippen molar-refractivity contribution >= 4 is 26.9 Å². The average Bonchev–Trinajstić information content (AvgIpc) is 2.97. The molecule has 0 amide bonds. The van der Waals surface area contributed by atoms with Crippen LogP contribution in [0.3, 0.4) is 0 Å². The maximum absolute atomic E-state index is 14.3. The Morgan fingerprint density at radius 2 is 1.96 bits per heavy atom. The number of pyridine rings is 1. The first-order valence-corrected chi connectivity index (χ1v) is 10.1. The van der Waals surface area contributed by atoms with Gasteiger partial charge in [-0.1, -0.05) is 20.8 Å². The molecule has 28 heavy (non-hydrogen) atoms. The summed E-state index contributed by atoms with van der Waals surface area (Å²) < 4.78 is 51.0. The van der Waals surface area contributed by atoms with Gasteiger partial charge in [-0.15, -0.1) is 0 Å². The Labute approximate surface area is 160 Å². The standard InChI is InChI=1S/C17H20F2N6O2S/c1-17(2,3)13(8-28(20,26)27)24-16-12(19)7-23-15(25-16)11-6-22-14-10(11)4-9(18)5-21-14/h4-7,13H,8H2,1-3H3,(H,21,22)(H2,20,26,27)(H,23,24,25). The third-order valence-corrected chi connectivity index (χ3v) is 5.04. The van der Waals surface area contributed by atoms with Gasteiger partial charge in [-0.25, -0.2) is 37.3 Å². The zero-order chi connectivity index (χ0) is 20.7. The van der Waals surface area contributed by atoms with Crippen molar-refractivity contribution in [3.05, 3.63) is 36.3 Å². The number of hydrogen-bond acceptors (Lipinski definition) is 6. The van der Waals surface area contributed by atoms with E-state index in [4.69, 9.17) is 5.14 Å². The van der Waals surface area contributed by atoms with Gasteiger partial charge in [-0.2, -0.15) is 0 Å². The molecule has 0 aliphatic heterocycles. The number of nitrogens with one attached hydrogen (secondary N) is 2. The van der Waals surface area contributed by atoms with Gasteiger partial charge in [0, 0.05) is 23.2 Å². The Morgan fingerprint density at radius 1 is 1.25 bits per heavy atom. The minimum atomic E-state index is -3.81. The fraction of sp³-hybridized carbons (Fsp3) is 0.353. The van der Waals surface area contributed by atoms with Crippen molar-refractivity contribution in [3.8, 4) is 11.4 Å². The Kier molecular flexibility index (Phi) is 5.06. The number of primary sulfonamides is 1. The van der Waals surface area contributed by atoms with E-state index in [0.717, 1.165) is 12.4 Å². The number of sulfonamides is 1. The second kappa shape index (κ2) is 7.06. The van der Waals surface area contributed by atoms with Crippen LogP contribution >= 0.6 is 0 Å². The number of H-pyrrole nitrogens is 1. The van der Waals surface area contributed by atoms with Crippen LogP contribution in [0, 0.1) is 17.0 Å². The van der Waals surface area contributed by atoms with E-state index in [-0.39, 0.29) is 11.6 Å². The summed E-state index contributed by atoms with van der Waals surface area (Å²) in [6.45, 7) is 5.39. The van der Waals surface area contributed by atoms with E-state index in [0.29, 0.717) is 16.6 Å². The van der Waals surface area contributed by atoms with Gasteiger partial charge >= 0.3 is 0 Å². The summed E-state index contributed by atoms with van der Waals surface area (Å²) in [4.78, 5) is 14.9. The largest absolute Gasteiger partial charge is 0.363 e. The van der Waals surface area contributed by atoms with Gasteiger partial charge < -0.3 is 10.3 Å². The van der Waals surface area contributed by atoms with Crippen LogP contribution in [-0.2, 0) is 10.0 Å². The Morgan fingerprint density at radius 3 is 2.61 bits per heavy atom. The molecular weight excluding hydrogens is 390 g/mol. The van der Waals surface area contributed by atoms with Crippen molar-refractivity contribution in [3.63, 3.8) is 0 Å². The van der Waals surface area contributed by atoms with E-state index < -0.39 is 38.9 Å². The van der Waals surface area contributed by atoms with Crippen LogP contribution in [-0.4, -0.2) is 40.1 Å². The number of nitrogens with zero attached hydrogens (tertiary/aromatic N) is 3. The van der Waals surface area contributed by atoms with Gasteiger partial charge in [-0.3, -0.25) is 0 Å². The molecule has 0 bridgehead atoms. The predicted molar refractivity (Wildman–Crippen MR) is 102 cm³/mol. The average molecular weight is 410 g/mol. The molecule has 150 valence electrons. The van der Waals surface area contributed by atoms with Crippen molar-refractivity contribution in [2.45, 2.75) is 26.8 Å². The first kappa shape index (κ1) is 20.1. The Balaban J connectivity index is 2.02. The van der Waals surface area contributed by atoms with Gasteiger partial charge in [0.05, 0.1) is 18.1 Å². The first-order valence-electron chi connectivity index (χ1n) is 8.36. The zero-order valence-corrected chi connectivity index (χ0v) is 16.3. The quantitative estimate of drug-likeness (QED) is 0.593. The van der Waals surface area contributed by atoms with Crippen LogP contribution in [0.1, 0.15) is 20.8 Å². The highest BCUT2D eigenvalue weighted by Gasteiger charge is 2.29. The molecule has 0 aliphatic carbocycles. The van der Waals surface area contributed by atoms with E-state index in [1.807, 2.05) is 0 Å². The van der Waals surface area contributed by atoms with E-state index in [9.17, 15) is 17.2 Å². The van der Waals surface area contributed by atoms with E-state index in [1.165, 1.54) is 6.07 Å². The van der Waals surface area contributed by atoms with Crippen molar-refractivity contribution < 1.29 is 17.2 Å². The van der Waals surface area contributed by atoms with Crippen LogP contribution in [0.4, 0.5) is 14.6 Å². The molecule has 0 spiro atoms. The van der Waals surface area contributed by atoms with Gasteiger partial charge in [0.2, 0.25) is 10.0 Å². The number of aromatic amines is 1. The summed E-state index contributed by atoms with van der Waals surface area (Å²) in [6, 6.07) is 0.564. The molecule has 0 aromatic carbocycles. The lowest BCUT2D eigenvalue weighted by Crippen LogP contribution is -2.42. The predicted octanol–water partition coefficient (Wildman–Crippen LogP) is 2.41. The molecule has 3 heterocycles. The third kappa shape index (κ3) is 4.42. The number of rotatable bonds is 5. The molecule has 0 saturated heterocycles. The monoisotopic (exact) mass is 410 g/mol. The number of aromatic nitrogens is 4. The number of halogens is 2. The fourth-order valence-corrected chi connectivity index (χ4v) is 3.71. The summed E-state index contributed by atoms with van der Waals surface area (Å²) >= 11 is 0. The SMILES string of the molecule is CC(C)(C)C(CS(N)(=O)=O)Nc1nc(-c2c[nH]c3ncc(F)cc23)ncc1F. The minimum Gasteiger partial charge on any atom is -0.363 e. The maximum atomic E-state index is 14.3. The molecule has 0 aliphatic rings. The molecule has 3 aromatic rings. The number of nitrogens with two attached hydrogens (primary N) is 1. The van der Waals surface area contributed by atoms with Gasteiger partial charge in [0.1, 0.15) is 11.5 Å². The van der Waals surface area contributed by atoms with Gasteiger partial charge in [-0.05, 0) is 11.5 Å². The second-order valence-electron chi connectivity index (χ2n) is 7.53. The van der Waals surface area contributed by atoms with E-state index in [2.05, 4.69) is 25.3 Å². The number of hydrogen-bond donors (Lipinski definition) is 3. The first-order chi connectivity index (χ1) is 12.9. The summed E-state index contributed by atoms with van der Waals surface area (Å²) in [7, 11) is -3.81. The van der Waals surface area contributed by atoms with E-state index >= 15 is 0 Å². The molecule has 1 unspecified atom stereocenters. The maximum Gasteiger partial charge on any atom is 0.211 e. The lowest BCUT2D eigenvalue weighted by Gasteiger charge is -2.31. The highest BCUT2D eigenvalue weighted by atomic mass is 32.2. The lowest BCUT2D eigenvalue weighted by molar-refractivity contribution is 0.358. The highest BCUT2D eigenvalue weighted by molar-refractivity contribution is 7.89. The van der Waals surface area contributed by atoms with E-state index in [1.54, 1.807) is 27.0 Å². The smallest absolute Gasteiger partial charge is 0.211 e. The molecule has 3 aromatic heterocycles. The van der Waals surface area contributed by atoms with Gasteiger partial charge in [0.15, 0.2) is 17.5 Å². The Bertz CT molecular complexity index is 1120. The second-order valence-corrected chi connectivity index (χ2v) is 9.19. The molecule has 0 saturated carbocycles. The topological polar surface area (TPSA) is 127 Å². The Hall–Kier alpha value is -2.66. The molecule has 3 rings (SSSR count). The van der Waals surface area contributed by atoms with Crippen molar-refractivity contribution in [1.29, 1.82) is 0 Å². The van der Waals surface area contributed by atoms with Crippen LogP contribution < -0.4 is 10.5 Å². The fourth-order valence-electron chi connectivity index (χ4n) is 2.67. The zero-order valence-electron chi connectivity index (χ0n) is 15.5. The molecular formula is C17H20F2N6O2S. The summed E-state index contributed by atoms with van der Waals surface area (Å²) in [5, 5.41) is 8.43. The van der Waals surface area contributed by atoms with Gasteiger partial charge in [0.25, 0.3) is 0 Å². The molecule has 8 nitrogen and oxygen atoms in total. The lowest BCUT2D eigenvalue weighted by atomic mass is 9.88. The normalized spacial score (nSPS) is 13.6. The number of fused-ring (bicyclic) bond motifs is 1. The molecule has 4 N–H and O–H groups in total. The number of anilines is 1. The van der Waals surface area contributed by atoms with Crippen LogP contribution in [0.15, 0.2) is 24.7 Å². The van der Waals surface area contributed by atoms with Crippen molar-refractivity contribution in [2.24, 2.45) is 10.6 Å². The van der Waals surface area contributed by atoms with Crippen LogP contribution in [0.25, 0.3) is 22.4 Å². The molecule has 0 fully saturated rings. The minimum absolute atomic E-state index is 0.130. The van der Waals surface area contributed by atoms with Crippen molar-refractivity contribution in [2.75, 3.05) is 11.1 Å². The molecule has 1 atom stereocenters. The third-order valence-electron chi connectivity index (χ3n) is 4.24. The highest BCUT2D eigenvalue weighted by Crippen LogP contribution is 2.29.